The van der Waals surface area contributed by atoms with Crippen LogP contribution in [0.3, 0.4) is 0 Å². The fourth-order valence-electron chi connectivity index (χ4n) is 0.518. The van der Waals surface area contributed by atoms with Crippen molar-refractivity contribution in [3.8, 4) is 0 Å². The molecule has 0 aromatic carbocycles. The third-order valence-electron chi connectivity index (χ3n) is 0.750. The molecule has 0 aromatic rings. The van der Waals surface area contributed by atoms with Gasteiger partial charge in [-0.25, -0.2) is 8.42 Å². The summed E-state index contributed by atoms with van der Waals surface area (Å²) in [6, 6.07) is 0. The summed E-state index contributed by atoms with van der Waals surface area (Å²) in [4.78, 5) is 0. The molecule has 2 N–H and O–H groups in total. The lowest BCUT2D eigenvalue weighted by atomic mass is 11.2. The van der Waals surface area contributed by atoms with E-state index in [9.17, 15) is 16.8 Å². The minimum Gasteiger partial charge on any atom is -0.305 e. The zero-order chi connectivity index (χ0) is 11.4. The van der Waals surface area contributed by atoms with Gasteiger partial charge in [-0.1, -0.05) is 0 Å². The number of hydrogen-bond acceptors (Lipinski definition) is 6. The second-order valence-electron chi connectivity index (χ2n) is 2.16. The predicted molar refractivity (Wildman–Crippen MR) is 49.0 cm³/mol. The number of hydroxylamine groups is 2. The van der Waals surface area contributed by atoms with Crippen LogP contribution in [0, 0.1) is 0 Å². The van der Waals surface area contributed by atoms with E-state index in [2.05, 4.69) is 4.28 Å². The van der Waals surface area contributed by atoms with Gasteiger partial charge in [-0.15, -0.1) is 5.06 Å². The van der Waals surface area contributed by atoms with Crippen LogP contribution in [0.25, 0.3) is 0 Å². The Hall–Kier alpha value is 0.0900. The fourth-order valence-corrected chi connectivity index (χ4v) is 2.04. The van der Waals surface area contributed by atoms with Gasteiger partial charge in [0.25, 0.3) is 10.1 Å². The van der Waals surface area contributed by atoms with E-state index >= 15 is 0 Å². The van der Waals surface area contributed by atoms with Crippen molar-refractivity contribution in [2.24, 2.45) is 0 Å². The Kier molecular flexibility index (Phi) is 5.88. The highest BCUT2D eigenvalue weighted by atomic mass is 32.2. The van der Waals surface area contributed by atoms with Gasteiger partial charge >= 0.3 is 0 Å². The van der Waals surface area contributed by atoms with Crippen LogP contribution in [0.5, 0.6) is 0 Å². The summed E-state index contributed by atoms with van der Waals surface area (Å²) < 4.78 is 62.7. The highest BCUT2D eigenvalue weighted by Crippen LogP contribution is 1.98. The van der Waals surface area contributed by atoms with Crippen LogP contribution in [0.1, 0.15) is 0 Å². The fraction of sp³-hybridized carbons (Fsp3) is 1.00. The lowest BCUT2D eigenvalue weighted by molar-refractivity contribution is -0.0131. The van der Waals surface area contributed by atoms with Crippen molar-refractivity contribution < 1.29 is 30.2 Å². The maximum atomic E-state index is 10.6. The van der Waals surface area contributed by atoms with Crippen molar-refractivity contribution in [1.29, 1.82) is 0 Å². The van der Waals surface area contributed by atoms with Crippen molar-refractivity contribution in [2.75, 3.05) is 18.0 Å². The van der Waals surface area contributed by atoms with Gasteiger partial charge in [-0.2, -0.15) is 12.7 Å². The van der Waals surface area contributed by atoms with Gasteiger partial charge in [-0.3, -0.25) is 0 Å². The van der Waals surface area contributed by atoms with Crippen LogP contribution in [0.4, 0.5) is 0 Å². The van der Waals surface area contributed by atoms with E-state index in [1.54, 1.807) is 0 Å². The Morgan fingerprint density at radius 1 is 1.21 bits per heavy atom. The molecule has 86 valence electrons. The van der Waals surface area contributed by atoms with Crippen LogP contribution < -0.4 is 0 Å². The molecule has 0 amide bonds. The summed E-state index contributed by atoms with van der Waals surface area (Å²) in [5.74, 6) is -1.39. The highest BCUT2D eigenvalue weighted by Gasteiger charge is 2.17. The molecule has 0 bridgehead atoms. The van der Waals surface area contributed by atoms with Gasteiger partial charge in [0.1, 0.15) is 11.8 Å². The summed E-state index contributed by atoms with van der Waals surface area (Å²) in [6.07, 6.45) is 0.709. The van der Waals surface area contributed by atoms with Crippen LogP contribution >= 0.6 is 0 Å². The average molecular weight is 267 g/mol. The van der Waals surface area contributed by atoms with Crippen molar-refractivity contribution >= 4 is 32.3 Å². The number of rotatable bonds is 6. The van der Waals surface area contributed by atoms with E-state index in [1.165, 1.54) is 0 Å². The maximum Gasteiger partial charge on any atom is 0.280 e. The first kappa shape index (κ1) is 14.1. The lowest BCUT2D eigenvalue weighted by Crippen LogP contribution is -2.32. The Morgan fingerprint density at radius 3 is 1.79 bits per heavy atom. The van der Waals surface area contributed by atoms with E-state index in [0.717, 1.165) is 0 Å². The summed E-state index contributed by atoms with van der Waals surface area (Å²) >= 11 is -4.71. The van der Waals surface area contributed by atoms with Crippen molar-refractivity contribution in [3.63, 3.8) is 0 Å². The van der Waals surface area contributed by atoms with Gasteiger partial charge in [-0.05, 0) is 0 Å². The minimum absolute atomic E-state index is 0.418. The van der Waals surface area contributed by atoms with Crippen LogP contribution in [-0.2, 0) is 36.6 Å². The highest BCUT2D eigenvalue weighted by molar-refractivity contribution is 7.86. The number of nitrogens with zero attached hydrogens (tertiary/aromatic N) is 1. The first-order chi connectivity index (χ1) is 6.20. The van der Waals surface area contributed by atoms with Gasteiger partial charge < -0.3 is 9.11 Å². The van der Waals surface area contributed by atoms with Gasteiger partial charge in [0.2, 0.25) is 0 Å². The lowest BCUT2D eigenvalue weighted by Gasteiger charge is -2.15. The van der Waals surface area contributed by atoms with Crippen molar-refractivity contribution in [1.82, 2.24) is 5.06 Å². The molecule has 2 atom stereocenters. The third kappa shape index (κ3) is 8.68. The van der Waals surface area contributed by atoms with E-state index in [4.69, 9.17) is 9.11 Å². The second-order valence-corrected chi connectivity index (χ2v) is 5.52. The van der Waals surface area contributed by atoms with Gasteiger partial charge in [0, 0.05) is 0 Å². The standard InChI is InChI=1S/C3H9NO7S3/c1-14(9,10)11-4(2-12(5)6)3-13(7)8/h2-3H2,1H3,(H,5,6)(H,7,8). The Balaban J connectivity index is 4.40. The molecule has 0 radical (unpaired) electrons. The molecule has 0 spiro atoms. The minimum atomic E-state index is -3.88. The largest absolute Gasteiger partial charge is 0.305 e. The molecule has 0 aliphatic heterocycles. The van der Waals surface area contributed by atoms with E-state index < -0.39 is 44.0 Å². The summed E-state index contributed by atoms with van der Waals surface area (Å²) in [5.41, 5.74) is 0. The summed E-state index contributed by atoms with van der Waals surface area (Å²) in [7, 11) is -3.88. The summed E-state index contributed by atoms with van der Waals surface area (Å²) in [5, 5.41) is 0.418. The van der Waals surface area contributed by atoms with E-state index in [0.29, 0.717) is 11.3 Å². The normalized spacial score (nSPS) is 16.9. The number of hydrogen-bond donors (Lipinski definition) is 2. The molecular formula is C3H9NO7S3. The SMILES string of the molecule is CS(=O)(=O)ON(CS(=O)O)CS(=O)O. The Morgan fingerprint density at radius 2 is 1.57 bits per heavy atom. The zero-order valence-electron chi connectivity index (χ0n) is 7.02. The topological polar surface area (TPSA) is 121 Å². The van der Waals surface area contributed by atoms with Gasteiger partial charge in [0.15, 0.2) is 22.2 Å². The van der Waals surface area contributed by atoms with E-state index in [-0.39, 0.29) is 0 Å². The van der Waals surface area contributed by atoms with Crippen molar-refractivity contribution in [2.45, 2.75) is 0 Å². The van der Waals surface area contributed by atoms with Crippen LogP contribution in [0.2, 0.25) is 0 Å². The third-order valence-corrected chi connectivity index (χ3v) is 2.25. The van der Waals surface area contributed by atoms with Crippen LogP contribution in [-0.4, -0.2) is 49.0 Å². The van der Waals surface area contributed by atoms with Crippen LogP contribution in [0.15, 0.2) is 0 Å². The molecule has 11 heteroatoms. The monoisotopic (exact) mass is 267 g/mol. The molecule has 8 nitrogen and oxygen atoms in total. The Labute approximate surface area is 85.9 Å². The van der Waals surface area contributed by atoms with E-state index in [1.807, 2.05) is 0 Å². The molecule has 0 rings (SSSR count). The molecule has 0 aliphatic rings. The molecule has 0 aliphatic carbocycles. The first-order valence-corrected chi connectivity index (χ1v) is 7.37. The second kappa shape index (κ2) is 5.85. The molecular weight excluding hydrogens is 258 g/mol. The Bertz CT molecular complexity index is 307. The molecule has 2 unspecified atom stereocenters. The molecule has 0 aromatic heterocycles. The molecule has 0 heterocycles. The molecule has 0 fully saturated rings. The van der Waals surface area contributed by atoms with Gasteiger partial charge in [0.05, 0.1) is 6.26 Å². The maximum absolute atomic E-state index is 10.6. The zero-order valence-corrected chi connectivity index (χ0v) is 9.47. The molecule has 0 saturated heterocycles. The first-order valence-electron chi connectivity index (χ1n) is 3.00. The average Bonchev–Trinajstić information content (AvgIpc) is 1.77. The smallest absolute Gasteiger partial charge is 0.280 e. The predicted octanol–water partition coefficient (Wildman–Crippen LogP) is -1.46. The molecule has 0 saturated carbocycles. The molecule has 14 heavy (non-hydrogen) atoms. The quantitative estimate of drug-likeness (QED) is 0.442. The summed E-state index contributed by atoms with van der Waals surface area (Å²) in [6.45, 7) is 0. The van der Waals surface area contributed by atoms with Crippen molar-refractivity contribution in [3.05, 3.63) is 0 Å².